The Morgan fingerprint density at radius 2 is 1.96 bits per heavy atom. The summed E-state index contributed by atoms with van der Waals surface area (Å²) in [6.45, 7) is 1.75. The number of amides is 1. The summed E-state index contributed by atoms with van der Waals surface area (Å²) in [5.74, 6) is -0.0463. The number of hydrogen-bond acceptors (Lipinski definition) is 2. The first-order chi connectivity index (χ1) is 10.9. The molecule has 1 unspecified atom stereocenters. The minimum absolute atomic E-state index is 0.122. The smallest absolute Gasteiger partial charge is 0.260 e. The highest BCUT2D eigenvalue weighted by Crippen LogP contribution is 2.28. The van der Waals surface area contributed by atoms with Gasteiger partial charge < -0.3 is 9.64 Å². The molecule has 0 bridgehead atoms. The van der Waals surface area contributed by atoms with Gasteiger partial charge in [-0.05, 0) is 42.8 Å². The highest BCUT2D eigenvalue weighted by molar-refractivity contribution is 9.10. The molecule has 0 saturated carbocycles. The molecule has 1 amide bonds. The van der Waals surface area contributed by atoms with Crippen molar-refractivity contribution in [2.24, 2.45) is 0 Å². The van der Waals surface area contributed by atoms with E-state index in [4.69, 9.17) is 16.3 Å². The summed E-state index contributed by atoms with van der Waals surface area (Å²) in [6, 6.07) is 11.1. The van der Waals surface area contributed by atoms with Crippen LogP contribution in [0.3, 0.4) is 0 Å². The first kappa shape index (κ1) is 17.8. The first-order valence-electron chi connectivity index (χ1n) is 6.97. The number of halogens is 3. The van der Waals surface area contributed by atoms with E-state index in [9.17, 15) is 9.18 Å². The van der Waals surface area contributed by atoms with Crippen molar-refractivity contribution in [3.63, 3.8) is 0 Å². The van der Waals surface area contributed by atoms with Gasteiger partial charge in [0.2, 0.25) is 0 Å². The third kappa shape index (κ3) is 4.69. The van der Waals surface area contributed by atoms with Crippen LogP contribution >= 0.6 is 27.5 Å². The number of ether oxygens (including phenoxy) is 1. The number of nitrogens with zero attached hydrogens (tertiary/aromatic N) is 1. The normalized spacial score (nSPS) is 11.9. The second kappa shape index (κ2) is 7.79. The van der Waals surface area contributed by atoms with Crippen LogP contribution in [0.2, 0.25) is 5.02 Å². The van der Waals surface area contributed by atoms with E-state index in [0.29, 0.717) is 10.8 Å². The fraction of sp³-hybridized carbons (Fsp3) is 0.235. The fourth-order valence-electron chi connectivity index (χ4n) is 2.01. The van der Waals surface area contributed by atoms with E-state index in [-0.39, 0.29) is 24.4 Å². The maximum atomic E-state index is 13.0. The standard InChI is InChI=1S/C17H16BrClFNO2/c1-11(12-3-6-14(20)7-4-12)21(2)17(22)10-23-16-8-5-13(18)9-15(16)19/h3-9,11H,10H2,1-2H3. The summed E-state index contributed by atoms with van der Waals surface area (Å²) in [4.78, 5) is 13.8. The summed E-state index contributed by atoms with van der Waals surface area (Å²) in [6.07, 6.45) is 0. The van der Waals surface area contributed by atoms with Crippen molar-refractivity contribution in [2.75, 3.05) is 13.7 Å². The summed E-state index contributed by atoms with van der Waals surface area (Å²) >= 11 is 9.36. The predicted molar refractivity (Wildman–Crippen MR) is 92.2 cm³/mol. The number of rotatable bonds is 5. The highest BCUT2D eigenvalue weighted by Gasteiger charge is 2.18. The van der Waals surface area contributed by atoms with Crippen molar-refractivity contribution in [1.82, 2.24) is 4.90 Å². The van der Waals surface area contributed by atoms with Gasteiger partial charge in [0, 0.05) is 11.5 Å². The lowest BCUT2D eigenvalue weighted by Crippen LogP contribution is -2.33. The minimum atomic E-state index is -0.303. The van der Waals surface area contributed by atoms with E-state index in [0.717, 1.165) is 10.0 Å². The topological polar surface area (TPSA) is 29.5 Å². The molecule has 3 nitrogen and oxygen atoms in total. The second-order valence-corrected chi connectivity index (χ2v) is 6.42. The van der Waals surface area contributed by atoms with E-state index in [1.165, 1.54) is 12.1 Å². The Hall–Kier alpha value is -1.59. The van der Waals surface area contributed by atoms with Crippen molar-refractivity contribution in [3.05, 3.63) is 63.3 Å². The van der Waals surface area contributed by atoms with Crippen molar-refractivity contribution < 1.29 is 13.9 Å². The second-order valence-electron chi connectivity index (χ2n) is 5.10. The van der Waals surface area contributed by atoms with Gasteiger partial charge in [-0.15, -0.1) is 0 Å². The molecule has 0 radical (unpaired) electrons. The van der Waals surface area contributed by atoms with Gasteiger partial charge >= 0.3 is 0 Å². The third-order valence-corrected chi connectivity index (χ3v) is 4.36. The number of benzene rings is 2. The molecule has 0 saturated heterocycles. The van der Waals surface area contributed by atoms with Gasteiger partial charge in [0.1, 0.15) is 11.6 Å². The molecule has 122 valence electrons. The molecule has 0 spiro atoms. The monoisotopic (exact) mass is 399 g/mol. The van der Waals surface area contributed by atoms with Crippen molar-refractivity contribution in [2.45, 2.75) is 13.0 Å². The van der Waals surface area contributed by atoms with Crippen LogP contribution in [0.25, 0.3) is 0 Å². The zero-order valence-electron chi connectivity index (χ0n) is 12.7. The zero-order chi connectivity index (χ0) is 17.0. The number of carbonyl (C=O) groups excluding carboxylic acids is 1. The van der Waals surface area contributed by atoms with Crippen molar-refractivity contribution in [1.29, 1.82) is 0 Å². The predicted octanol–water partition coefficient (Wildman–Crippen LogP) is 4.84. The lowest BCUT2D eigenvalue weighted by Gasteiger charge is -2.25. The van der Waals surface area contributed by atoms with E-state index in [1.54, 1.807) is 42.3 Å². The number of carbonyl (C=O) groups is 1. The molecule has 23 heavy (non-hydrogen) atoms. The molecule has 6 heteroatoms. The lowest BCUT2D eigenvalue weighted by atomic mass is 10.1. The summed E-state index contributed by atoms with van der Waals surface area (Å²) in [7, 11) is 1.68. The van der Waals surface area contributed by atoms with Crippen LogP contribution in [-0.2, 0) is 4.79 Å². The van der Waals surface area contributed by atoms with Crippen LogP contribution < -0.4 is 4.74 Å². The maximum Gasteiger partial charge on any atom is 0.260 e. The van der Waals surface area contributed by atoms with Crippen LogP contribution in [0.4, 0.5) is 4.39 Å². The molecule has 0 aromatic heterocycles. The third-order valence-electron chi connectivity index (χ3n) is 3.57. The Kier molecular flexibility index (Phi) is 6.02. The van der Waals surface area contributed by atoms with Gasteiger partial charge in [0.05, 0.1) is 11.1 Å². The average Bonchev–Trinajstić information content (AvgIpc) is 2.53. The maximum absolute atomic E-state index is 13.0. The van der Waals surface area contributed by atoms with Crippen LogP contribution in [0.5, 0.6) is 5.75 Å². The van der Waals surface area contributed by atoms with Crippen LogP contribution in [0, 0.1) is 5.82 Å². The van der Waals surface area contributed by atoms with E-state index in [2.05, 4.69) is 15.9 Å². The van der Waals surface area contributed by atoms with Crippen LogP contribution in [-0.4, -0.2) is 24.5 Å². The molecule has 2 aromatic carbocycles. The molecular formula is C17H16BrClFNO2. The minimum Gasteiger partial charge on any atom is -0.482 e. The molecule has 0 aliphatic rings. The van der Waals surface area contributed by atoms with Crippen LogP contribution in [0.15, 0.2) is 46.9 Å². The van der Waals surface area contributed by atoms with Gasteiger partial charge in [-0.25, -0.2) is 4.39 Å². The van der Waals surface area contributed by atoms with Gasteiger partial charge in [-0.1, -0.05) is 39.7 Å². The van der Waals surface area contributed by atoms with Gasteiger partial charge in [-0.3, -0.25) is 4.79 Å². The Bertz CT molecular complexity index is 693. The van der Waals surface area contributed by atoms with Crippen LogP contribution in [0.1, 0.15) is 18.5 Å². The van der Waals surface area contributed by atoms with E-state index in [1.807, 2.05) is 6.92 Å². The summed E-state index contributed by atoms with van der Waals surface area (Å²) in [5, 5.41) is 0.432. The molecule has 0 fully saturated rings. The van der Waals surface area contributed by atoms with Crippen molar-refractivity contribution in [3.8, 4) is 5.75 Å². The summed E-state index contributed by atoms with van der Waals surface area (Å²) < 4.78 is 19.3. The number of likely N-dealkylation sites (N-methyl/N-ethyl adjacent to an activating group) is 1. The Balaban J connectivity index is 1.98. The van der Waals surface area contributed by atoms with E-state index >= 15 is 0 Å². The molecule has 0 heterocycles. The van der Waals surface area contributed by atoms with Gasteiger partial charge in [0.25, 0.3) is 5.91 Å². The molecule has 1 atom stereocenters. The molecule has 0 aliphatic carbocycles. The molecule has 2 rings (SSSR count). The fourth-order valence-corrected chi connectivity index (χ4v) is 2.74. The number of hydrogen-bond donors (Lipinski definition) is 0. The molecular weight excluding hydrogens is 385 g/mol. The molecule has 0 aliphatic heterocycles. The lowest BCUT2D eigenvalue weighted by molar-refractivity contribution is -0.134. The van der Waals surface area contributed by atoms with Crippen molar-refractivity contribution >= 4 is 33.4 Å². The first-order valence-corrected chi connectivity index (χ1v) is 8.14. The Morgan fingerprint density at radius 1 is 1.30 bits per heavy atom. The highest BCUT2D eigenvalue weighted by atomic mass is 79.9. The Labute approximate surface area is 148 Å². The zero-order valence-corrected chi connectivity index (χ0v) is 15.1. The molecule has 2 aromatic rings. The van der Waals surface area contributed by atoms with Gasteiger partial charge in [-0.2, -0.15) is 0 Å². The quantitative estimate of drug-likeness (QED) is 0.719. The molecule has 0 N–H and O–H groups in total. The van der Waals surface area contributed by atoms with Gasteiger partial charge in [0.15, 0.2) is 6.61 Å². The SMILES string of the molecule is CC(c1ccc(F)cc1)N(C)C(=O)COc1ccc(Br)cc1Cl. The average molecular weight is 401 g/mol. The van der Waals surface area contributed by atoms with E-state index < -0.39 is 0 Å². The largest absolute Gasteiger partial charge is 0.482 e. The Morgan fingerprint density at radius 3 is 2.57 bits per heavy atom. The summed E-state index contributed by atoms with van der Waals surface area (Å²) in [5.41, 5.74) is 0.851.